The number of nitrogens with zero attached hydrogens (tertiary/aromatic N) is 1. The second kappa shape index (κ2) is 7.64. The van der Waals surface area contributed by atoms with E-state index in [1.54, 1.807) is 11.9 Å². The molecule has 2 fully saturated rings. The molecule has 0 aromatic heterocycles. The van der Waals surface area contributed by atoms with Crippen molar-refractivity contribution >= 4 is 5.91 Å². The summed E-state index contributed by atoms with van der Waals surface area (Å²) >= 11 is 0. The Hall–Kier alpha value is -1.43. The van der Waals surface area contributed by atoms with Gasteiger partial charge >= 0.3 is 0 Å². The van der Waals surface area contributed by atoms with E-state index in [2.05, 4.69) is 22.8 Å². The predicted molar refractivity (Wildman–Crippen MR) is 96.0 cm³/mol. The van der Waals surface area contributed by atoms with Crippen LogP contribution in [0.2, 0.25) is 0 Å². The van der Waals surface area contributed by atoms with Crippen molar-refractivity contribution in [3.05, 3.63) is 35.9 Å². The number of amides is 1. The van der Waals surface area contributed by atoms with Crippen LogP contribution in [-0.2, 0) is 11.3 Å². The third-order valence-electron chi connectivity index (χ3n) is 5.53. The molecule has 1 aliphatic carbocycles. The summed E-state index contributed by atoms with van der Waals surface area (Å²) in [6.07, 6.45) is 6.85. The summed E-state index contributed by atoms with van der Waals surface area (Å²) < 4.78 is 0. The third kappa shape index (κ3) is 3.79. The summed E-state index contributed by atoms with van der Waals surface area (Å²) in [4.78, 5) is 14.5. The van der Waals surface area contributed by atoms with E-state index in [4.69, 9.17) is 5.73 Å². The molecule has 5 nitrogen and oxygen atoms in total. The normalized spacial score (nSPS) is 28.5. The zero-order valence-corrected chi connectivity index (χ0v) is 14.6. The molecule has 1 aliphatic heterocycles. The molecule has 24 heavy (non-hydrogen) atoms. The highest BCUT2D eigenvalue weighted by Gasteiger charge is 2.49. The molecule has 2 aliphatic rings. The zero-order chi connectivity index (χ0) is 17.0. The van der Waals surface area contributed by atoms with Crippen LogP contribution in [0.5, 0.6) is 0 Å². The minimum atomic E-state index is -0.565. The Morgan fingerprint density at radius 1 is 1.25 bits per heavy atom. The molecule has 1 aromatic rings. The predicted octanol–water partition coefficient (Wildman–Crippen LogP) is 1.79. The van der Waals surface area contributed by atoms with Gasteiger partial charge in [0.05, 0.1) is 0 Å². The fraction of sp³-hybridized carbons (Fsp3) is 0.632. The van der Waals surface area contributed by atoms with Crippen LogP contribution < -0.4 is 16.4 Å². The number of nitrogens with two attached hydrogens (primary N) is 1. The number of likely N-dealkylation sites (N-methyl/N-ethyl adjacent to an activating group) is 1. The van der Waals surface area contributed by atoms with Crippen LogP contribution in [0.15, 0.2) is 30.3 Å². The van der Waals surface area contributed by atoms with Crippen molar-refractivity contribution in [1.29, 1.82) is 0 Å². The molecule has 1 saturated heterocycles. The second-order valence-electron chi connectivity index (χ2n) is 7.38. The molecule has 1 amide bonds. The van der Waals surface area contributed by atoms with E-state index in [1.807, 2.05) is 18.2 Å². The average molecular weight is 330 g/mol. The molecule has 132 valence electrons. The summed E-state index contributed by atoms with van der Waals surface area (Å²) in [6.45, 7) is 1.39. The Morgan fingerprint density at radius 2 is 1.96 bits per heavy atom. The van der Waals surface area contributed by atoms with Gasteiger partial charge in [0.2, 0.25) is 5.91 Å². The monoisotopic (exact) mass is 330 g/mol. The number of benzene rings is 1. The topological polar surface area (TPSA) is 70.4 Å². The van der Waals surface area contributed by atoms with E-state index in [0.29, 0.717) is 12.5 Å². The van der Waals surface area contributed by atoms with Gasteiger partial charge in [0, 0.05) is 20.1 Å². The molecular weight excluding hydrogens is 300 g/mol. The van der Waals surface area contributed by atoms with Crippen LogP contribution in [0.1, 0.15) is 44.1 Å². The Labute approximate surface area is 145 Å². The van der Waals surface area contributed by atoms with Crippen molar-refractivity contribution in [3.63, 3.8) is 0 Å². The van der Waals surface area contributed by atoms with Gasteiger partial charge in [-0.25, -0.2) is 0 Å². The Kier molecular flexibility index (Phi) is 5.54. The van der Waals surface area contributed by atoms with Crippen LogP contribution >= 0.6 is 0 Å². The first kappa shape index (κ1) is 17.4. The lowest BCUT2D eigenvalue weighted by molar-refractivity contribution is -0.132. The van der Waals surface area contributed by atoms with E-state index < -0.39 is 5.54 Å². The van der Waals surface area contributed by atoms with Gasteiger partial charge in [0.15, 0.2) is 0 Å². The summed E-state index contributed by atoms with van der Waals surface area (Å²) in [7, 11) is 1.79. The van der Waals surface area contributed by atoms with Gasteiger partial charge < -0.3 is 10.2 Å². The van der Waals surface area contributed by atoms with Gasteiger partial charge in [-0.1, -0.05) is 62.4 Å². The fourth-order valence-electron chi connectivity index (χ4n) is 4.15. The Morgan fingerprint density at radius 3 is 2.58 bits per heavy atom. The van der Waals surface area contributed by atoms with Crippen molar-refractivity contribution in [2.45, 2.75) is 56.9 Å². The standard InChI is InChI=1S/C19H30N4O/c1-23-17(24)19(22-18(23)20,12-15-8-4-2-5-9-15)14-21-13-16-10-6-3-7-11-16/h3,6-7,10-11,15,18,21-22H,2,4-5,8-9,12-14,20H2,1H3. The molecule has 2 unspecified atom stereocenters. The maximum absolute atomic E-state index is 12.9. The fourth-order valence-corrected chi connectivity index (χ4v) is 4.15. The van der Waals surface area contributed by atoms with Gasteiger partial charge in [0.25, 0.3) is 0 Å². The molecule has 0 radical (unpaired) electrons. The van der Waals surface area contributed by atoms with E-state index >= 15 is 0 Å². The lowest BCUT2D eigenvalue weighted by Gasteiger charge is -2.33. The summed E-state index contributed by atoms with van der Waals surface area (Å²) in [5.74, 6) is 0.744. The number of rotatable bonds is 6. The first-order chi connectivity index (χ1) is 11.6. The van der Waals surface area contributed by atoms with Crippen molar-refractivity contribution in [2.24, 2.45) is 11.7 Å². The van der Waals surface area contributed by atoms with E-state index in [-0.39, 0.29) is 12.2 Å². The maximum Gasteiger partial charge on any atom is 0.246 e. The van der Waals surface area contributed by atoms with Crippen LogP contribution in [0.3, 0.4) is 0 Å². The molecule has 4 N–H and O–H groups in total. The molecular formula is C19H30N4O. The quantitative estimate of drug-likeness (QED) is 0.744. The van der Waals surface area contributed by atoms with Gasteiger partial charge in [-0.2, -0.15) is 0 Å². The Balaban J connectivity index is 1.66. The number of carbonyl (C=O) groups excluding carboxylic acids is 1. The van der Waals surface area contributed by atoms with Gasteiger partial charge in [-0.05, 0) is 17.9 Å². The maximum atomic E-state index is 12.9. The van der Waals surface area contributed by atoms with Gasteiger partial charge in [0.1, 0.15) is 11.8 Å². The lowest BCUT2D eigenvalue weighted by atomic mass is 9.79. The first-order valence-corrected chi connectivity index (χ1v) is 9.16. The van der Waals surface area contributed by atoms with Crippen molar-refractivity contribution < 1.29 is 4.79 Å². The van der Waals surface area contributed by atoms with E-state index in [1.165, 1.54) is 37.7 Å². The summed E-state index contributed by atoms with van der Waals surface area (Å²) in [5, 5.41) is 6.87. The van der Waals surface area contributed by atoms with Crippen molar-refractivity contribution in [2.75, 3.05) is 13.6 Å². The lowest BCUT2D eigenvalue weighted by Crippen LogP contribution is -2.56. The highest BCUT2D eigenvalue weighted by atomic mass is 16.2. The third-order valence-corrected chi connectivity index (χ3v) is 5.53. The van der Waals surface area contributed by atoms with Crippen LogP contribution in [0.25, 0.3) is 0 Å². The highest BCUT2D eigenvalue weighted by Crippen LogP contribution is 2.33. The van der Waals surface area contributed by atoms with Crippen LogP contribution in [-0.4, -0.2) is 36.2 Å². The van der Waals surface area contributed by atoms with Crippen LogP contribution in [0, 0.1) is 5.92 Å². The van der Waals surface area contributed by atoms with Gasteiger partial charge in [-0.15, -0.1) is 0 Å². The molecule has 5 heteroatoms. The average Bonchev–Trinajstić information content (AvgIpc) is 2.81. The van der Waals surface area contributed by atoms with Gasteiger partial charge in [-0.3, -0.25) is 15.8 Å². The second-order valence-corrected chi connectivity index (χ2v) is 7.38. The Bertz CT molecular complexity index is 544. The first-order valence-electron chi connectivity index (χ1n) is 9.16. The molecule has 3 rings (SSSR count). The smallest absolute Gasteiger partial charge is 0.246 e. The van der Waals surface area contributed by atoms with Crippen LogP contribution in [0.4, 0.5) is 0 Å². The van der Waals surface area contributed by atoms with E-state index in [9.17, 15) is 4.79 Å². The zero-order valence-electron chi connectivity index (χ0n) is 14.6. The van der Waals surface area contributed by atoms with E-state index in [0.717, 1.165) is 13.0 Å². The minimum Gasteiger partial charge on any atom is -0.316 e. The molecule has 1 aromatic carbocycles. The summed E-state index contributed by atoms with van der Waals surface area (Å²) in [6, 6.07) is 10.3. The molecule has 2 atom stereocenters. The summed E-state index contributed by atoms with van der Waals surface area (Å²) in [5.41, 5.74) is 6.76. The molecule has 0 spiro atoms. The molecule has 1 saturated carbocycles. The largest absolute Gasteiger partial charge is 0.316 e. The number of hydrogen-bond acceptors (Lipinski definition) is 4. The highest BCUT2D eigenvalue weighted by molar-refractivity contribution is 5.89. The van der Waals surface area contributed by atoms with Crippen molar-refractivity contribution in [3.8, 4) is 0 Å². The SMILES string of the molecule is CN1C(=O)C(CNCc2ccccc2)(CC2CCCCC2)NC1N. The minimum absolute atomic E-state index is 0.126. The number of hydrogen-bond donors (Lipinski definition) is 3. The molecule has 1 heterocycles. The number of nitrogens with one attached hydrogen (secondary N) is 2. The number of carbonyl (C=O) groups is 1. The van der Waals surface area contributed by atoms with Crippen molar-refractivity contribution in [1.82, 2.24) is 15.5 Å². The molecule has 0 bridgehead atoms.